The minimum Gasteiger partial charge on any atom is -0.459 e. The van der Waals surface area contributed by atoms with Gasteiger partial charge < -0.3 is 10.2 Å². The Kier molecular flexibility index (Phi) is 3.12. The first-order chi connectivity index (χ1) is 9.15. The summed E-state index contributed by atoms with van der Waals surface area (Å²) in [6.45, 7) is 2.02. The lowest BCUT2D eigenvalue weighted by Crippen LogP contribution is -2.10. The number of benzene rings is 1. The van der Waals surface area contributed by atoms with Crippen molar-refractivity contribution in [2.45, 2.75) is 13.0 Å². The molecule has 1 unspecified atom stereocenters. The number of rotatable bonds is 2. The second kappa shape index (κ2) is 4.79. The number of hydrogen-bond donors (Lipinski definition) is 1. The summed E-state index contributed by atoms with van der Waals surface area (Å²) in [7, 11) is 0. The zero-order chi connectivity index (χ0) is 13.4. The fourth-order valence-electron chi connectivity index (χ4n) is 2.18. The molecule has 2 aromatic heterocycles. The van der Waals surface area contributed by atoms with Crippen LogP contribution in [0.1, 0.15) is 22.9 Å². The van der Waals surface area contributed by atoms with Crippen LogP contribution < -0.4 is 5.73 Å². The van der Waals surface area contributed by atoms with Crippen LogP contribution in [0.25, 0.3) is 11.0 Å². The zero-order valence-corrected chi connectivity index (χ0v) is 12.0. The molecule has 1 atom stereocenters. The summed E-state index contributed by atoms with van der Waals surface area (Å²) >= 11 is 3.49. The molecular weight excluding hydrogens is 304 g/mol. The molecule has 2 heterocycles. The van der Waals surface area contributed by atoms with Gasteiger partial charge in [0.2, 0.25) is 0 Å². The summed E-state index contributed by atoms with van der Waals surface area (Å²) < 4.78 is 6.94. The highest BCUT2D eigenvalue weighted by Crippen LogP contribution is 2.30. The summed E-state index contributed by atoms with van der Waals surface area (Å²) in [4.78, 5) is 4.09. The molecule has 0 aliphatic rings. The summed E-state index contributed by atoms with van der Waals surface area (Å²) in [5, 5.41) is 1.06. The highest BCUT2D eigenvalue weighted by atomic mass is 79.9. The number of aryl methyl sites for hydroxylation is 1. The number of furan rings is 1. The van der Waals surface area contributed by atoms with Crippen LogP contribution in [0.2, 0.25) is 0 Å². The minimum atomic E-state index is -0.292. The van der Waals surface area contributed by atoms with E-state index in [1.165, 1.54) is 0 Å². The lowest BCUT2D eigenvalue weighted by atomic mass is 10.1. The van der Waals surface area contributed by atoms with Gasteiger partial charge in [0.1, 0.15) is 11.3 Å². The molecule has 4 heteroatoms. The van der Waals surface area contributed by atoms with Crippen LogP contribution in [0.5, 0.6) is 0 Å². The quantitative estimate of drug-likeness (QED) is 0.779. The smallest absolute Gasteiger partial charge is 0.137 e. The van der Waals surface area contributed by atoms with E-state index in [0.717, 1.165) is 32.3 Å². The van der Waals surface area contributed by atoms with E-state index in [1.807, 2.05) is 37.3 Å². The molecule has 0 bridgehead atoms. The SMILES string of the molecule is Cc1cc(Br)cc2cc(C(N)c3cccnc3)oc12. The van der Waals surface area contributed by atoms with Crippen LogP contribution in [0, 0.1) is 6.92 Å². The third kappa shape index (κ3) is 2.29. The largest absolute Gasteiger partial charge is 0.459 e. The Labute approximate surface area is 119 Å². The van der Waals surface area contributed by atoms with Gasteiger partial charge in [0.25, 0.3) is 0 Å². The van der Waals surface area contributed by atoms with E-state index >= 15 is 0 Å². The fraction of sp³-hybridized carbons (Fsp3) is 0.133. The highest BCUT2D eigenvalue weighted by Gasteiger charge is 2.15. The second-order valence-electron chi connectivity index (χ2n) is 4.55. The van der Waals surface area contributed by atoms with Crippen LogP contribution in [0.4, 0.5) is 0 Å². The van der Waals surface area contributed by atoms with Crippen molar-refractivity contribution in [3.05, 3.63) is 64.1 Å². The summed E-state index contributed by atoms with van der Waals surface area (Å²) in [5.41, 5.74) is 9.14. The highest BCUT2D eigenvalue weighted by molar-refractivity contribution is 9.10. The average molecular weight is 317 g/mol. The molecule has 0 aliphatic carbocycles. The maximum Gasteiger partial charge on any atom is 0.137 e. The number of fused-ring (bicyclic) bond motifs is 1. The Bertz CT molecular complexity index is 722. The Morgan fingerprint density at radius 2 is 2.16 bits per heavy atom. The average Bonchev–Trinajstić information content (AvgIpc) is 2.83. The number of pyridine rings is 1. The molecular formula is C15H13BrN2O. The first-order valence-electron chi connectivity index (χ1n) is 6.00. The molecule has 2 N–H and O–H groups in total. The van der Waals surface area contributed by atoms with E-state index in [1.54, 1.807) is 12.4 Å². The van der Waals surface area contributed by atoms with Crippen molar-refractivity contribution < 1.29 is 4.42 Å². The second-order valence-corrected chi connectivity index (χ2v) is 5.47. The predicted octanol–water partition coefficient (Wildman–Crippen LogP) is 3.95. The Morgan fingerprint density at radius 3 is 2.89 bits per heavy atom. The van der Waals surface area contributed by atoms with Crippen LogP contribution >= 0.6 is 15.9 Å². The van der Waals surface area contributed by atoms with Gasteiger partial charge in [-0.2, -0.15) is 0 Å². The molecule has 96 valence electrons. The Morgan fingerprint density at radius 1 is 1.32 bits per heavy atom. The van der Waals surface area contributed by atoms with E-state index in [-0.39, 0.29) is 6.04 Å². The predicted molar refractivity (Wildman–Crippen MR) is 78.9 cm³/mol. The van der Waals surface area contributed by atoms with Crippen molar-refractivity contribution in [1.29, 1.82) is 0 Å². The molecule has 0 aliphatic heterocycles. The van der Waals surface area contributed by atoms with Crippen molar-refractivity contribution in [1.82, 2.24) is 4.98 Å². The molecule has 3 rings (SSSR count). The minimum absolute atomic E-state index is 0.292. The fourth-order valence-corrected chi connectivity index (χ4v) is 2.77. The molecule has 0 spiro atoms. The summed E-state index contributed by atoms with van der Waals surface area (Å²) in [6, 6.07) is 9.59. The van der Waals surface area contributed by atoms with Crippen molar-refractivity contribution in [3.63, 3.8) is 0 Å². The number of aromatic nitrogens is 1. The van der Waals surface area contributed by atoms with Crippen molar-refractivity contribution in [2.24, 2.45) is 5.73 Å². The maximum absolute atomic E-state index is 6.22. The van der Waals surface area contributed by atoms with Gasteiger partial charge in [-0.05, 0) is 42.3 Å². The summed E-state index contributed by atoms with van der Waals surface area (Å²) in [5.74, 6) is 0.754. The molecule has 0 fully saturated rings. The molecule has 0 radical (unpaired) electrons. The summed E-state index contributed by atoms with van der Waals surface area (Å²) in [6.07, 6.45) is 3.50. The van der Waals surface area contributed by atoms with Crippen LogP contribution in [0.15, 0.2) is 51.6 Å². The van der Waals surface area contributed by atoms with Gasteiger partial charge in [0.15, 0.2) is 0 Å². The Balaban J connectivity index is 2.09. The Hall–Kier alpha value is -1.65. The normalized spacial score (nSPS) is 12.8. The topological polar surface area (TPSA) is 52.0 Å². The van der Waals surface area contributed by atoms with Crippen molar-refractivity contribution in [2.75, 3.05) is 0 Å². The number of nitrogens with zero attached hydrogens (tertiary/aromatic N) is 1. The molecule has 0 amide bonds. The van der Waals surface area contributed by atoms with Crippen molar-refractivity contribution >= 4 is 26.9 Å². The number of nitrogens with two attached hydrogens (primary N) is 1. The van der Waals surface area contributed by atoms with E-state index in [9.17, 15) is 0 Å². The first-order valence-corrected chi connectivity index (χ1v) is 6.79. The van der Waals surface area contributed by atoms with Crippen LogP contribution in [0.3, 0.4) is 0 Å². The molecule has 19 heavy (non-hydrogen) atoms. The van der Waals surface area contributed by atoms with E-state index in [0.29, 0.717) is 0 Å². The van der Waals surface area contributed by atoms with Gasteiger partial charge in [-0.25, -0.2) is 0 Å². The monoisotopic (exact) mass is 316 g/mol. The van der Waals surface area contributed by atoms with E-state index in [4.69, 9.17) is 10.2 Å². The van der Waals surface area contributed by atoms with Gasteiger partial charge in [-0.3, -0.25) is 4.98 Å². The third-order valence-electron chi connectivity index (χ3n) is 3.14. The van der Waals surface area contributed by atoms with Crippen LogP contribution in [-0.2, 0) is 0 Å². The van der Waals surface area contributed by atoms with Crippen molar-refractivity contribution in [3.8, 4) is 0 Å². The van der Waals surface area contributed by atoms with E-state index < -0.39 is 0 Å². The number of halogens is 1. The lowest BCUT2D eigenvalue weighted by Gasteiger charge is -2.07. The van der Waals surface area contributed by atoms with Gasteiger partial charge in [-0.15, -0.1) is 0 Å². The number of hydrogen-bond acceptors (Lipinski definition) is 3. The zero-order valence-electron chi connectivity index (χ0n) is 10.4. The van der Waals surface area contributed by atoms with Gasteiger partial charge in [-0.1, -0.05) is 22.0 Å². The van der Waals surface area contributed by atoms with Crippen LogP contribution in [-0.4, -0.2) is 4.98 Å². The molecule has 3 nitrogen and oxygen atoms in total. The molecule has 0 saturated heterocycles. The van der Waals surface area contributed by atoms with Gasteiger partial charge >= 0.3 is 0 Å². The first kappa shape index (κ1) is 12.4. The van der Waals surface area contributed by atoms with E-state index in [2.05, 4.69) is 20.9 Å². The molecule has 3 aromatic rings. The lowest BCUT2D eigenvalue weighted by molar-refractivity contribution is 0.523. The third-order valence-corrected chi connectivity index (χ3v) is 3.59. The van der Waals surface area contributed by atoms with Gasteiger partial charge in [0, 0.05) is 22.3 Å². The maximum atomic E-state index is 6.22. The molecule has 1 aromatic carbocycles. The molecule has 0 saturated carbocycles. The standard InChI is InChI=1S/C15H13BrN2O/c1-9-5-12(16)6-11-7-13(19-15(9)11)14(17)10-3-2-4-18-8-10/h2-8,14H,17H2,1H3. The van der Waals surface area contributed by atoms with Gasteiger partial charge in [0.05, 0.1) is 6.04 Å².